The first-order valence-corrected chi connectivity index (χ1v) is 5.92. The fourth-order valence-corrected chi connectivity index (χ4v) is 1.73. The SMILES string of the molecule is CC(C)(C)CCNc1cc2[nH]ncc2cc1N. The highest BCUT2D eigenvalue weighted by Crippen LogP contribution is 2.25. The number of nitrogen functional groups attached to an aromatic ring is 1. The summed E-state index contributed by atoms with van der Waals surface area (Å²) in [5.74, 6) is 0. The Hall–Kier alpha value is -1.71. The lowest BCUT2D eigenvalue weighted by Gasteiger charge is -2.19. The van der Waals surface area contributed by atoms with Gasteiger partial charge in [-0.15, -0.1) is 0 Å². The number of nitrogens with zero attached hydrogens (tertiary/aromatic N) is 1. The van der Waals surface area contributed by atoms with Gasteiger partial charge in [-0.05, 0) is 24.0 Å². The van der Waals surface area contributed by atoms with Crippen molar-refractivity contribution in [3.8, 4) is 0 Å². The third-order valence-corrected chi connectivity index (χ3v) is 2.80. The van der Waals surface area contributed by atoms with Crippen molar-refractivity contribution in [2.45, 2.75) is 27.2 Å². The lowest BCUT2D eigenvalue weighted by atomic mass is 9.92. The zero-order valence-electron chi connectivity index (χ0n) is 10.7. The Bertz CT molecular complexity index is 508. The van der Waals surface area contributed by atoms with Gasteiger partial charge in [0.2, 0.25) is 0 Å². The summed E-state index contributed by atoms with van der Waals surface area (Å²) in [5, 5.41) is 11.4. The third kappa shape index (κ3) is 2.90. The maximum atomic E-state index is 5.99. The highest BCUT2D eigenvalue weighted by Gasteiger charge is 2.10. The Kier molecular flexibility index (Phi) is 2.96. The smallest absolute Gasteiger partial charge is 0.0672 e. The maximum Gasteiger partial charge on any atom is 0.0672 e. The topological polar surface area (TPSA) is 66.7 Å². The van der Waals surface area contributed by atoms with Gasteiger partial charge >= 0.3 is 0 Å². The molecule has 0 bridgehead atoms. The van der Waals surface area contributed by atoms with Crippen molar-refractivity contribution >= 4 is 22.3 Å². The van der Waals surface area contributed by atoms with Crippen LogP contribution in [-0.4, -0.2) is 16.7 Å². The molecule has 2 aromatic rings. The van der Waals surface area contributed by atoms with E-state index in [0.717, 1.165) is 35.2 Å². The lowest BCUT2D eigenvalue weighted by molar-refractivity contribution is 0.390. The minimum Gasteiger partial charge on any atom is -0.397 e. The Morgan fingerprint density at radius 2 is 2.12 bits per heavy atom. The van der Waals surface area contributed by atoms with E-state index >= 15 is 0 Å². The number of hydrogen-bond donors (Lipinski definition) is 3. The number of aromatic amines is 1. The number of anilines is 2. The number of benzene rings is 1. The second-order valence-corrected chi connectivity index (χ2v) is 5.63. The van der Waals surface area contributed by atoms with Crippen LogP contribution in [0, 0.1) is 5.41 Å². The molecule has 0 fully saturated rings. The number of nitrogens with one attached hydrogen (secondary N) is 2. The van der Waals surface area contributed by atoms with Crippen molar-refractivity contribution in [2.24, 2.45) is 5.41 Å². The molecule has 1 aromatic heterocycles. The van der Waals surface area contributed by atoms with Crippen LogP contribution in [0.3, 0.4) is 0 Å². The van der Waals surface area contributed by atoms with Crippen LogP contribution in [0.4, 0.5) is 11.4 Å². The average molecular weight is 232 g/mol. The summed E-state index contributed by atoms with van der Waals surface area (Å²) < 4.78 is 0. The van der Waals surface area contributed by atoms with Gasteiger partial charge < -0.3 is 11.1 Å². The molecule has 1 aromatic carbocycles. The first-order valence-electron chi connectivity index (χ1n) is 5.92. The quantitative estimate of drug-likeness (QED) is 0.713. The zero-order valence-corrected chi connectivity index (χ0v) is 10.7. The molecule has 0 spiro atoms. The number of aromatic nitrogens is 2. The molecule has 17 heavy (non-hydrogen) atoms. The maximum absolute atomic E-state index is 5.99. The fourth-order valence-electron chi connectivity index (χ4n) is 1.73. The summed E-state index contributed by atoms with van der Waals surface area (Å²) in [6, 6.07) is 3.96. The molecule has 0 amide bonds. The van der Waals surface area contributed by atoms with Gasteiger partial charge in [-0.25, -0.2) is 0 Å². The molecule has 4 heteroatoms. The number of hydrogen-bond acceptors (Lipinski definition) is 3. The van der Waals surface area contributed by atoms with Gasteiger partial charge in [0.1, 0.15) is 0 Å². The monoisotopic (exact) mass is 232 g/mol. The molecule has 0 saturated heterocycles. The van der Waals surface area contributed by atoms with Gasteiger partial charge in [-0.3, -0.25) is 5.10 Å². The van der Waals surface area contributed by atoms with Crippen LogP contribution in [0.25, 0.3) is 10.9 Å². The van der Waals surface area contributed by atoms with Gasteiger partial charge in [0.25, 0.3) is 0 Å². The zero-order chi connectivity index (χ0) is 12.5. The summed E-state index contributed by atoms with van der Waals surface area (Å²) in [7, 11) is 0. The molecule has 4 N–H and O–H groups in total. The summed E-state index contributed by atoms with van der Waals surface area (Å²) in [4.78, 5) is 0. The van der Waals surface area contributed by atoms with E-state index in [2.05, 4.69) is 36.3 Å². The van der Waals surface area contributed by atoms with Crippen molar-refractivity contribution in [1.29, 1.82) is 0 Å². The van der Waals surface area contributed by atoms with E-state index in [9.17, 15) is 0 Å². The normalized spacial score (nSPS) is 11.9. The Balaban J connectivity index is 2.10. The van der Waals surface area contributed by atoms with Gasteiger partial charge in [-0.2, -0.15) is 5.10 Å². The molecule has 0 saturated carbocycles. The molecular weight excluding hydrogens is 212 g/mol. The Morgan fingerprint density at radius 1 is 1.35 bits per heavy atom. The molecule has 4 nitrogen and oxygen atoms in total. The predicted octanol–water partition coefficient (Wildman–Crippen LogP) is 2.99. The van der Waals surface area contributed by atoms with Crippen molar-refractivity contribution in [3.05, 3.63) is 18.3 Å². The third-order valence-electron chi connectivity index (χ3n) is 2.80. The van der Waals surface area contributed by atoms with Crippen LogP contribution in [0.2, 0.25) is 0 Å². The molecule has 0 aliphatic heterocycles. The molecule has 0 aliphatic carbocycles. The van der Waals surface area contributed by atoms with Crippen LogP contribution in [0.5, 0.6) is 0 Å². The van der Waals surface area contributed by atoms with E-state index in [1.807, 2.05) is 12.1 Å². The van der Waals surface area contributed by atoms with E-state index < -0.39 is 0 Å². The Labute approximate surface area is 102 Å². The molecule has 0 radical (unpaired) electrons. The molecule has 0 unspecified atom stereocenters. The number of H-pyrrole nitrogens is 1. The number of nitrogens with two attached hydrogens (primary N) is 1. The second-order valence-electron chi connectivity index (χ2n) is 5.63. The van der Waals surface area contributed by atoms with Crippen molar-refractivity contribution in [3.63, 3.8) is 0 Å². The van der Waals surface area contributed by atoms with Crippen LogP contribution in [0.15, 0.2) is 18.3 Å². The lowest BCUT2D eigenvalue weighted by Crippen LogP contribution is -2.13. The standard InChI is InChI=1S/C13H20N4/c1-13(2,3)4-5-15-12-7-11-9(6-10(12)14)8-16-17-11/h6-8,15H,4-5,14H2,1-3H3,(H,16,17). The van der Waals surface area contributed by atoms with E-state index in [-0.39, 0.29) is 0 Å². The summed E-state index contributed by atoms with van der Waals surface area (Å²) in [6.45, 7) is 7.62. The van der Waals surface area contributed by atoms with E-state index in [0.29, 0.717) is 5.41 Å². The van der Waals surface area contributed by atoms with Crippen LogP contribution in [-0.2, 0) is 0 Å². The van der Waals surface area contributed by atoms with Crippen LogP contribution < -0.4 is 11.1 Å². The van der Waals surface area contributed by atoms with E-state index in [1.54, 1.807) is 6.20 Å². The first kappa shape index (κ1) is 11.8. The second kappa shape index (κ2) is 4.28. The van der Waals surface area contributed by atoms with Crippen LogP contribution >= 0.6 is 0 Å². The van der Waals surface area contributed by atoms with Gasteiger partial charge in [-0.1, -0.05) is 20.8 Å². The van der Waals surface area contributed by atoms with Crippen molar-refractivity contribution in [1.82, 2.24) is 10.2 Å². The highest BCUT2D eigenvalue weighted by molar-refractivity contribution is 5.88. The molecule has 1 heterocycles. The minimum absolute atomic E-state index is 0.333. The molecule has 0 aliphatic rings. The highest BCUT2D eigenvalue weighted by atomic mass is 15.1. The first-order chi connectivity index (χ1) is 7.96. The van der Waals surface area contributed by atoms with Crippen molar-refractivity contribution < 1.29 is 0 Å². The number of rotatable bonds is 3. The van der Waals surface area contributed by atoms with Crippen molar-refractivity contribution in [2.75, 3.05) is 17.6 Å². The minimum atomic E-state index is 0.333. The summed E-state index contributed by atoms with van der Waals surface area (Å²) in [5.41, 5.74) is 9.09. The van der Waals surface area contributed by atoms with Gasteiger partial charge in [0, 0.05) is 11.9 Å². The molecule has 2 rings (SSSR count). The van der Waals surface area contributed by atoms with Gasteiger partial charge in [0.05, 0.1) is 23.1 Å². The van der Waals surface area contributed by atoms with E-state index in [1.165, 1.54) is 0 Å². The van der Waals surface area contributed by atoms with Crippen LogP contribution in [0.1, 0.15) is 27.2 Å². The molecule has 0 atom stereocenters. The Morgan fingerprint density at radius 3 is 2.82 bits per heavy atom. The fraction of sp³-hybridized carbons (Fsp3) is 0.462. The average Bonchev–Trinajstić information content (AvgIpc) is 2.63. The van der Waals surface area contributed by atoms with E-state index in [4.69, 9.17) is 5.73 Å². The molecule has 92 valence electrons. The number of fused-ring (bicyclic) bond motifs is 1. The summed E-state index contributed by atoms with van der Waals surface area (Å²) >= 11 is 0. The van der Waals surface area contributed by atoms with Gasteiger partial charge in [0.15, 0.2) is 0 Å². The summed E-state index contributed by atoms with van der Waals surface area (Å²) in [6.07, 6.45) is 2.89. The largest absolute Gasteiger partial charge is 0.397 e. The predicted molar refractivity (Wildman–Crippen MR) is 73.1 cm³/mol. The molecular formula is C13H20N4.